The third-order valence-corrected chi connectivity index (χ3v) is 1.45. The van der Waals surface area contributed by atoms with Gasteiger partial charge in [0.05, 0.1) is 0 Å². The first-order chi connectivity index (χ1) is 6.77. The van der Waals surface area contributed by atoms with E-state index in [-0.39, 0.29) is 5.63 Å². The molecule has 0 saturated heterocycles. The van der Waals surface area contributed by atoms with Crippen LogP contribution >= 0.6 is 0 Å². The summed E-state index contributed by atoms with van der Waals surface area (Å²) >= 11 is 0. The van der Waals surface area contributed by atoms with E-state index in [1.54, 1.807) is 24.3 Å². The van der Waals surface area contributed by atoms with Crippen molar-refractivity contribution in [3.8, 4) is 0 Å². The van der Waals surface area contributed by atoms with Crippen molar-refractivity contribution in [1.82, 2.24) is 0 Å². The van der Waals surface area contributed by atoms with Crippen LogP contribution < -0.4 is 16.3 Å². The lowest BCUT2D eigenvalue weighted by Crippen LogP contribution is -2.27. The summed E-state index contributed by atoms with van der Waals surface area (Å²) in [6.07, 6.45) is 5.19. The van der Waals surface area contributed by atoms with Crippen molar-refractivity contribution >= 4 is 12.2 Å². The Morgan fingerprint density at radius 1 is 1.36 bits per heavy atom. The van der Waals surface area contributed by atoms with Crippen LogP contribution in [0, 0.1) is 0 Å². The predicted molar refractivity (Wildman–Crippen MR) is 60.4 cm³/mol. The van der Waals surface area contributed by atoms with Gasteiger partial charge in [0, 0.05) is 11.3 Å². The summed E-state index contributed by atoms with van der Waals surface area (Å²) in [5.74, 6) is 0. The van der Waals surface area contributed by atoms with Gasteiger partial charge < -0.3 is 4.42 Å². The lowest BCUT2D eigenvalue weighted by molar-refractivity contribution is 0.473. The average Bonchev–Trinajstić information content (AvgIpc) is 2.24. The Morgan fingerprint density at radius 2 is 2.00 bits per heavy atom. The maximum Gasteiger partial charge on any atom is 0.336 e. The number of hydrogen-bond acceptors (Lipinski definition) is 2. The molecule has 0 unspecified atom stereocenters. The number of rotatable bonds is 1. The highest BCUT2D eigenvalue weighted by atomic mass is 16.4. The van der Waals surface area contributed by atoms with E-state index in [1.165, 1.54) is 6.07 Å². The summed E-state index contributed by atoms with van der Waals surface area (Å²) in [6.45, 7) is 9.38. The third-order valence-electron chi connectivity index (χ3n) is 1.45. The minimum absolute atomic E-state index is 0.329. The van der Waals surface area contributed by atoms with E-state index in [0.717, 1.165) is 5.22 Å². The Hall–Kier alpha value is -1.57. The Balaban J connectivity index is 0.000000791. The smallest absolute Gasteiger partial charge is 0.336 e. The highest BCUT2D eigenvalue weighted by Gasteiger charge is 1.86. The van der Waals surface area contributed by atoms with Crippen LogP contribution in [0.2, 0.25) is 0 Å². The van der Waals surface area contributed by atoms with Crippen molar-refractivity contribution in [3.05, 3.63) is 45.8 Å². The van der Waals surface area contributed by atoms with Gasteiger partial charge in [-0.05, 0) is 19.1 Å². The molecular weight excluding hydrogens is 176 g/mol. The first-order valence-corrected chi connectivity index (χ1v) is 4.67. The van der Waals surface area contributed by atoms with E-state index in [1.807, 2.05) is 20.8 Å². The molecule has 76 valence electrons. The van der Waals surface area contributed by atoms with Gasteiger partial charge in [-0.15, -0.1) is 0 Å². The quantitative estimate of drug-likeness (QED) is 0.674. The second-order valence-electron chi connectivity index (χ2n) is 2.27. The van der Waals surface area contributed by atoms with Gasteiger partial charge in [0.2, 0.25) is 0 Å². The normalized spacial score (nSPS) is 11.9. The number of allylic oxidation sites excluding steroid dienone is 1. The summed E-state index contributed by atoms with van der Waals surface area (Å²) in [5, 5.41) is 0.868. The Kier molecular flexibility index (Phi) is 6.12. The Bertz CT molecular complexity index is 438. The first-order valence-electron chi connectivity index (χ1n) is 4.67. The molecule has 1 heterocycles. The Morgan fingerprint density at radius 3 is 2.50 bits per heavy atom. The van der Waals surface area contributed by atoms with Crippen LogP contribution in [0.4, 0.5) is 0 Å². The minimum Gasteiger partial charge on any atom is -0.423 e. The number of hydrogen-bond donors (Lipinski definition) is 0. The van der Waals surface area contributed by atoms with E-state index in [4.69, 9.17) is 4.42 Å². The molecule has 2 heteroatoms. The highest BCUT2D eigenvalue weighted by molar-refractivity contribution is 5.35. The Labute approximate surface area is 83.9 Å². The van der Waals surface area contributed by atoms with Crippen molar-refractivity contribution in [2.45, 2.75) is 20.8 Å². The zero-order chi connectivity index (χ0) is 11.0. The lowest BCUT2D eigenvalue weighted by atomic mass is 10.3. The van der Waals surface area contributed by atoms with E-state index < -0.39 is 0 Å². The molecule has 1 rings (SSSR count). The van der Waals surface area contributed by atoms with Crippen LogP contribution in [-0.4, -0.2) is 0 Å². The minimum atomic E-state index is -0.329. The van der Waals surface area contributed by atoms with Crippen LogP contribution in [0.25, 0.3) is 12.2 Å². The van der Waals surface area contributed by atoms with Gasteiger partial charge in [0.25, 0.3) is 0 Å². The molecule has 0 aliphatic heterocycles. The SMILES string of the molecule is C=C/C=c1/ccc(=O)o/c1=C/C.CC. The summed E-state index contributed by atoms with van der Waals surface area (Å²) in [6, 6.07) is 3.10. The average molecular weight is 192 g/mol. The summed E-state index contributed by atoms with van der Waals surface area (Å²) in [7, 11) is 0. The van der Waals surface area contributed by atoms with Crippen LogP contribution in [0.5, 0.6) is 0 Å². The molecule has 0 N–H and O–H groups in total. The van der Waals surface area contributed by atoms with E-state index in [9.17, 15) is 4.79 Å². The van der Waals surface area contributed by atoms with Crippen LogP contribution in [0.15, 0.2) is 34.0 Å². The van der Waals surface area contributed by atoms with Crippen molar-refractivity contribution in [3.63, 3.8) is 0 Å². The fourth-order valence-corrected chi connectivity index (χ4v) is 0.932. The van der Waals surface area contributed by atoms with Gasteiger partial charge in [0.1, 0.15) is 5.42 Å². The lowest BCUT2D eigenvalue weighted by Gasteiger charge is -1.85. The summed E-state index contributed by atoms with van der Waals surface area (Å²) in [4.78, 5) is 10.8. The fourth-order valence-electron chi connectivity index (χ4n) is 0.932. The molecule has 0 amide bonds. The van der Waals surface area contributed by atoms with E-state index in [2.05, 4.69) is 6.58 Å². The molecule has 0 aliphatic carbocycles. The molecule has 0 saturated carbocycles. The molecule has 2 nitrogen and oxygen atoms in total. The molecule has 0 aromatic carbocycles. The molecule has 0 fully saturated rings. The molecule has 14 heavy (non-hydrogen) atoms. The third kappa shape index (κ3) is 3.44. The fraction of sp³-hybridized carbons (Fsp3) is 0.250. The van der Waals surface area contributed by atoms with Crippen molar-refractivity contribution in [1.29, 1.82) is 0 Å². The molecule has 0 bridgehead atoms. The molecule has 0 spiro atoms. The van der Waals surface area contributed by atoms with Crippen LogP contribution in [-0.2, 0) is 0 Å². The summed E-state index contributed by atoms with van der Waals surface area (Å²) < 4.78 is 4.92. The maximum absolute atomic E-state index is 10.8. The van der Waals surface area contributed by atoms with Gasteiger partial charge in [0.15, 0.2) is 0 Å². The molecule has 1 aromatic heterocycles. The van der Waals surface area contributed by atoms with Gasteiger partial charge in [-0.1, -0.05) is 32.6 Å². The van der Waals surface area contributed by atoms with Crippen LogP contribution in [0.3, 0.4) is 0 Å². The highest BCUT2D eigenvalue weighted by Crippen LogP contribution is 1.66. The molecule has 0 radical (unpaired) electrons. The van der Waals surface area contributed by atoms with Crippen molar-refractivity contribution in [2.75, 3.05) is 0 Å². The second-order valence-corrected chi connectivity index (χ2v) is 2.27. The summed E-state index contributed by atoms with van der Waals surface area (Å²) in [5.41, 5.74) is 0.256. The van der Waals surface area contributed by atoms with Gasteiger partial charge >= 0.3 is 5.63 Å². The predicted octanol–water partition coefficient (Wildman–Crippen LogP) is 1.43. The van der Waals surface area contributed by atoms with Gasteiger partial charge in [-0.2, -0.15) is 0 Å². The first kappa shape index (κ1) is 12.4. The van der Waals surface area contributed by atoms with Gasteiger partial charge in [-0.25, -0.2) is 4.79 Å². The van der Waals surface area contributed by atoms with E-state index >= 15 is 0 Å². The zero-order valence-electron chi connectivity index (χ0n) is 8.91. The molecular formula is C12H16O2. The topological polar surface area (TPSA) is 30.2 Å². The standard InChI is InChI=1S/C10H10O2.C2H6/c1-3-5-8-6-7-10(11)12-9(8)4-2;1-2/h3-7H,1H2,2H3;1-2H3/b8-5-,9-4+;. The van der Waals surface area contributed by atoms with E-state index in [0.29, 0.717) is 5.42 Å². The maximum atomic E-state index is 10.8. The molecule has 1 aromatic rings. The van der Waals surface area contributed by atoms with Crippen molar-refractivity contribution < 1.29 is 4.42 Å². The second kappa shape index (κ2) is 6.89. The monoisotopic (exact) mass is 192 g/mol. The van der Waals surface area contributed by atoms with Gasteiger partial charge in [-0.3, -0.25) is 0 Å². The zero-order valence-corrected chi connectivity index (χ0v) is 8.91. The molecule has 0 atom stereocenters. The van der Waals surface area contributed by atoms with Crippen LogP contribution in [0.1, 0.15) is 20.8 Å². The molecule has 0 aliphatic rings. The largest absolute Gasteiger partial charge is 0.423 e. The van der Waals surface area contributed by atoms with Crippen molar-refractivity contribution in [2.24, 2.45) is 0 Å².